The Hall–Kier alpha value is -0.650. The molecule has 3 unspecified atom stereocenters. The minimum atomic E-state index is -0.839. The van der Waals surface area contributed by atoms with Gasteiger partial charge >= 0.3 is 5.97 Å². The van der Waals surface area contributed by atoms with E-state index in [2.05, 4.69) is 0 Å². The molecule has 3 atom stereocenters. The van der Waals surface area contributed by atoms with Crippen molar-refractivity contribution in [2.24, 2.45) is 0 Å². The van der Waals surface area contributed by atoms with Crippen LogP contribution in [0.3, 0.4) is 0 Å². The summed E-state index contributed by atoms with van der Waals surface area (Å²) >= 11 is 0. The zero-order valence-corrected chi connectivity index (χ0v) is 11.3. The topological polar surface area (TPSA) is 54.0 Å². The normalized spacial score (nSPS) is 45.0. The van der Waals surface area contributed by atoms with Crippen LogP contribution in [0, 0.1) is 0 Å². The second-order valence-corrected chi connectivity index (χ2v) is 6.34. The van der Waals surface area contributed by atoms with E-state index >= 15 is 0 Å². The molecular formula is C13H20O5. The van der Waals surface area contributed by atoms with Gasteiger partial charge in [-0.05, 0) is 26.7 Å². The van der Waals surface area contributed by atoms with E-state index in [0.717, 1.165) is 6.42 Å². The van der Waals surface area contributed by atoms with Crippen molar-refractivity contribution < 1.29 is 23.7 Å². The van der Waals surface area contributed by atoms with Gasteiger partial charge in [-0.3, -0.25) is 0 Å². The van der Waals surface area contributed by atoms with Crippen LogP contribution in [-0.2, 0) is 23.7 Å². The van der Waals surface area contributed by atoms with Gasteiger partial charge < -0.3 is 18.9 Å². The molecule has 3 fully saturated rings. The monoisotopic (exact) mass is 256 g/mol. The standard InChI is InChI=1S/C13H20O5/c1-11(2)15-8-5-6-13(7-9(8)16-11)10(14)17-12(3,4)18-13/h8-9H,5-7H2,1-4H3. The first kappa shape index (κ1) is 12.4. The highest BCUT2D eigenvalue weighted by Gasteiger charge is 2.60. The average molecular weight is 256 g/mol. The molecule has 102 valence electrons. The number of rotatable bonds is 0. The number of fused-ring (bicyclic) bond motifs is 1. The molecule has 5 nitrogen and oxygen atoms in total. The van der Waals surface area contributed by atoms with Crippen molar-refractivity contribution >= 4 is 5.97 Å². The number of hydrogen-bond donors (Lipinski definition) is 0. The number of hydrogen-bond acceptors (Lipinski definition) is 5. The van der Waals surface area contributed by atoms with E-state index in [0.29, 0.717) is 12.8 Å². The van der Waals surface area contributed by atoms with Crippen molar-refractivity contribution in [1.29, 1.82) is 0 Å². The first-order valence-corrected chi connectivity index (χ1v) is 6.51. The smallest absolute Gasteiger partial charge is 0.341 e. The second kappa shape index (κ2) is 3.46. The van der Waals surface area contributed by atoms with E-state index in [1.165, 1.54) is 0 Å². The Morgan fingerprint density at radius 1 is 1.06 bits per heavy atom. The number of carbonyl (C=O) groups is 1. The number of carbonyl (C=O) groups excluding carboxylic acids is 1. The summed E-state index contributed by atoms with van der Waals surface area (Å²) in [7, 11) is 0. The lowest BCUT2D eigenvalue weighted by Crippen LogP contribution is -2.48. The molecule has 0 N–H and O–H groups in total. The van der Waals surface area contributed by atoms with Crippen molar-refractivity contribution in [3.8, 4) is 0 Å². The number of ether oxygens (including phenoxy) is 4. The quantitative estimate of drug-likeness (QED) is 0.618. The summed E-state index contributed by atoms with van der Waals surface area (Å²) in [5.41, 5.74) is -0.839. The van der Waals surface area contributed by atoms with Crippen LogP contribution in [0.15, 0.2) is 0 Å². The Balaban J connectivity index is 1.80. The first-order valence-electron chi connectivity index (χ1n) is 6.51. The molecular weight excluding hydrogens is 236 g/mol. The fourth-order valence-corrected chi connectivity index (χ4v) is 3.26. The molecule has 0 aromatic rings. The second-order valence-electron chi connectivity index (χ2n) is 6.34. The molecule has 2 aliphatic heterocycles. The minimum absolute atomic E-state index is 0.0609. The van der Waals surface area contributed by atoms with Gasteiger partial charge in [0.25, 0.3) is 0 Å². The maximum absolute atomic E-state index is 12.1. The van der Waals surface area contributed by atoms with E-state index in [1.807, 2.05) is 13.8 Å². The van der Waals surface area contributed by atoms with Crippen molar-refractivity contribution in [1.82, 2.24) is 0 Å². The van der Waals surface area contributed by atoms with E-state index in [-0.39, 0.29) is 18.2 Å². The Morgan fingerprint density at radius 3 is 2.33 bits per heavy atom. The minimum Gasteiger partial charge on any atom is -0.432 e. The Labute approximate surface area is 107 Å². The number of esters is 1. The van der Waals surface area contributed by atoms with E-state index < -0.39 is 17.2 Å². The third kappa shape index (κ3) is 1.85. The summed E-state index contributed by atoms with van der Waals surface area (Å²) in [6.07, 6.45) is 1.89. The summed E-state index contributed by atoms with van der Waals surface area (Å²) in [5, 5.41) is 0. The molecule has 3 aliphatic rings. The summed E-state index contributed by atoms with van der Waals surface area (Å²) in [5.74, 6) is -1.67. The lowest BCUT2D eigenvalue weighted by Gasteiger charge is -2.34. The lowest BCUT2D eigenvalue weighted by molar-refractivity contribution is -0.177. The Bertz CT molecular complexity index is 389. The summed E-state index contributed by atoms with van der Waals surface area (Å²) in [4.78, 5) is 12.1. The molecule has 2 heterocycles. The van der Waals surface area contributed by atoms with Gasteiger partial charge in [0.15, 0.2) is 11.4 Å². The van der Waals surface area contributed by atoms with Gasteiger partial charge in [0.05, 0.1) is 12.2 Å². The maximum Gasteiger partial charge on any atom is 0.341 e. The number of cyclic esters (lactones) is 1. The van der Waals surface area contributed by atoms with Crippen LogP contribution in [0.1, 0.15) is 47.0 Å². The van der Waals surface area contributed by atoms with Crippen LogP contribution in [0.2, 0.25) is 0 Å². The average Bonchev–Trinajstić information content (AvgIpc) is 2.59. The predicted octanol–water partition coefficient (Wildman–Crippen LogP) is 1.74. The van der Waals surface area contributed by atoms with E-state index in [1.54, 1.807) is 13.8 Å². The van der Waals surface area contributed by atoms with Gasteiger partial charge in [-0.2, -0.15) is 0 Å². The molecule has 18 heavy (non-hydrogen) atoms. The summed E-state index contributed by atoms with van der Waals surface area (Å²) < 4.78 is 22.8. The van der Waals surface area contributed by atoms with Gasteiger partial charge in [-0.15, -0.1) is 0 Å². The van der Waals surface area contributed by atoms with Crippen molar-refractivity contribution in [2.75, 3.05) is 0 Å². The molecule has 1 saturated carbocycles. The highest BCUT2D eigenvalue weighted by Crippen LogP contribution is 2.47. The molecule has 0 amide bonds. The molecule has 0 aromatic heterocycles. The molecule has 1 aliphatic carbocycles. The molecule has 5 heteroatoms. The molecule has 0 bridgehead atoms. The van der Waals surface area contributed by atoms with Crippen LogP contribution in [-0.4, -0.2) is 35.4 Å². The van der Waals surface area contributed by atoms with Crippen molar-refractivity contribution in [3.05, 3.63) is 0 Å². The van der Waals surface area contributed by atoms with Crippen molar-refractivity contribution in [3.63, 3.8) is 0 Å². The zero-order valence-electron chi connectivity index (χ0n) is 11.3. The molecule has 1 spiro atoms. The van der Waals surface area contributed by atoms with Crippen LogP contribution in [0.5, 0.6) is 0 Å². The first-order chi connectivity index (χ1) is 8.22. The van der Waals surface area contributed by atoms with E-state index in [9.17, 15) is 4.79 Å². The van der Waals surface area contributed by atoms with Gasteiger partial charge in [0, 0.05) is 20.3 Å². The van der Waals surface area contributed by atoms with Gasteiger partial charge in [-0.1, -0.05) is 0 Å². The SMILES string of the molecule is CC1(C)OC2CCC3(CC2O1)OC(C)(C)OC3=O. The van der Waals surface area contributed by atoms with Crippen LogP contribution < -0.4 is 0 Å². The fraction of sp³-hybridized carbons (Fsp3) is 0.923. The Morgan fingerprint density at radius 2 is 1.72 bits per heavy atom. The predicted molar refractivity (Wildman–Crippen MR) is 61.7 cm³/mol. The fourth-order valence-electron chi connectivity index (χ4n) is 3.26. The van der Waals surface area contributed by atoms with Gasteiger partial charge in [0.2, 0.25) is 5.79 Å². The molecule has 2 saturated heterocycles. The van der Waals surface area contributed by atoms with Crippen LogP contribution >= 0.6 is 0 Å². The van der Waals surface area contributed by atoms with Crippen LogP contribution in [0.4, 0.5) is 0 Å². The van der Waals surface area contributed by atoms with Crippen LogP contribution in [0.25, 0.3) is 0 Å². The third-order valence-electron chi connectivity index (χ3n) is 3.80. The summed E-state index contributed by atoms with van der Waals surface area (Å²) in [6.45, 7) is 7.33. The van der Waals surface area contributed by atoms with Gasteiger partial charge in [0.1, 0.15) is 0 Å². The highest BCUT2D eigenvalue weighted by molar-refractivity contribution is 5.81. The Kier molecular flexibility index (Phi) is 2.38. The van der Waals surface area contributed by atoms with Crippen molar-refractivity contribution in [2.45, 2.75) is 76.3 Å². The third-order valence-corrected chi connectivity index (χ3v) is 3.80. The summed E-state index contributed by atoms with van der Waals surface area (Å²) in [6, 6.07) is 0. The van der Waals surface area contributed by atoms with Gasteiger partial charge in [-0.25, -0.2) is 4.79 Å². The maximum atomic E-state index is 12.1. The molecule has 0 aromatic carbocycles. The van der Waals surface area contributed by atoms with E-state index in [4.69, 9.17) is 18.9 Å². The lowest BCUT2D eigenvalue weighted by atomic mass is 9.81. The largest absolute Gasteiger partial charge is 0.432 e. The molecule has 3 rings (SSSR count). The molecule has 0 radical (unpaired) electrons. The highest BCUT2D eigenvalue weighted by atomic mass is 16.8. The zero-order chi connectivity index (χ0) is 13.2.